The van der Waals surface area contributed by atoms with Crippen LogP contribution in [-0.4, -0.2) is 28.0 Å². The van der Waals surface area contributed by atoms with Crippen molar-refractivity contribution < 1.29 is 9.53 Å². The fourth-order valence-electron chi connectivity index (χ4n) is 2.69. The third-order valence-electron chi connectivity index (χ3n) is 4.13. The van der Waals surface area contributed by atoms with Crippen molar-refractivity contribution >= 4 is 17.5 Å². The van der Waals surface area contributed by atoms with Crippen molar-refractivity contribution in [2.24, 2.45) is 0 Å². The van der Waals surface area contributed by atoms with E-state index in [1.54, 1.807) is 36.9 Å². The molecule has 0 aliphatic carbocycles. The first-order valence-corrected chi connectivity index (χ1v) is 8.51. The first kappa shape index (κ1) is 17.9. The SMILES string of the molecule is COc1ccc(Cl)cc1-n1nnc(C(=O)NC(C)c2ccccc2)c1C. The third-order valence-corrected chi connectivity index (χ3v) is 4.36. The van der Waals surface area contributed by atoms with Crippen LogP contribution in [0.5, 0.6) is 5.75 Å². The molecule has 0 radical (unpaired) electrons. The minimum Gasteiger partial charge on any atom is -0.494 e. The Bertz CT molecular complexity index is 925. The van der Waals surface area contributed by atoms with Gasteiger partial charge in [0, 0.05) is 5.02 Å². The normalized spacial score (nSPS) is 11.8. The summed E-state index contributed by atoms with van der Waals surface area (Å²) in [5.74, 6) is 0.304. The van der Waals surface area contributed by atoms with Gasteiger partial charge in [0.1, 0.15) is 11.4 Å². The van der Waals surface area contributed by atoms with Crippen LogP contribution in [0.3, 0.4) is 0 Å². The summed E-state index contributed by atoms with van der Waals surface area (Å²) >= 11 is 6.09. The molecule has 0 aliphatic rings. The minimum atomic E-state index is -0.286. The minimum absolute atomic E-state index is 0.144. The zero-order valence-electron chi connectivity index (χ0n) is 14.7. The lowest BCUT2D eigenvalue weighted by Crippen LogP contribution is -2.27. The van der Waals surface area contributed by atoms with Crippen molar-refractivity contribution in [2.45, 2.75) is 19.9 Å². The molecule has 6 nitrogen and oxygen atoms in total. The Balaban J connectivity index is 1.87. The maximum atomic E-state index is 12.6. The second kappa shape index (κ2) is 7.58. The van der Waals surface area contributed by atoms with E-state index in [1.807, 2.05) is 37.3 Å². The second-order valence-electron chi connectivity index (χ2n) is 5.86. The second-order valence-corrected chi connectivity index (χ2v) is 6.29. The van der Waals surface area contributed by atoms with E-state index in [0.29, 0.717) is 22.2 Å². The molecule has 1 aromatic heterocycles. The standard InChI is InChI=1S/C19H19ClN4O2/c1-12(14-7-5-4-6-8-14)21-19(25)18-13(2)24(23-22-18)16-11-15(20)9-10-17(16)26-3/h4-12H,1-3H3,(H,21,25). The Morgan fingerprint density at radius 3 is 2.65 bits per heavy atom. The van der Waals surface area contributed by atoms with Crippen molar-refractivity contribution in [3.63, 3.8) is 0 Å². The highest BCUT2D eigenvalue weighted by atomic mass is 35.5. The Kier molecular flexibility index (Phi) is 5.23. The number of ether oxygens (including phenoxy) is 1. The van der Waals surface area contributed by atoms with E-state index in [4.69, 9.17) is 16.3 Å². The highest BCUT2D eigenvalue weighted by Crippen LogP contribution is 2.27. The number of amides is 1. The molecule has 0 saturated carbocycles. The van der Waals surface area contributed by atoms with Crippen molar-refractivity contribution in [2.75, 3.05) is 7.11 Å². The van der Waals surface area contributed by atoms with Gasteiger partial charge in [0.25, 0.3) is 5.91 Å². The number of hydrogen-bond acceptors (Lipinski definition) is 4. The van der Waals surface area contributed by atoms with Gasteiger partial charge in [0.05, 0.1) is 18.8 Å². The molecule has 26 heavy (non-hydrogen) atoms. The fraction of sp³-hybridized carbons (Fsp3) is 0.211. The number of halogens is 1. The van der Waals surface area contributed by atoms with Crippen LogP contribution in [0.4, 0.5) is 0 Å². The van der Waals surface area contributed by atoms with E-state index in [9.17, 15) is 4.79 Å². The van der Waals surface area contributed by atoms with Gasteiger partial charge >= 0.3 is 0 Å². The first-order chi connectivity index (χ1) is 12.5. The lowest BCUT2D eigenvalue weighted by molar-refractivity contribution is 0.0934. The Labute approximate surface area is 156 Å². The maximum absolute atomic E-state index is 12.6. The van der Waals surface area contributed by atoms with Gasteiger partial charge in [-0.05, 0) is 37.6 Å². The molecule has 0 saturated heterocycles. The van der Waals surface area contributed by atoms with Crippen LogP contribution >= 0.6 is 11.6 Å². The third kappa shape index (κ3) is 3.55. The van der Waals surface area contributed by atoms with E-state index >= 15 is 0 Å². The van der Waals surface area contributed by atoms with Crippen LogP contribution in [0, 0.1) is 6.92 Å². The molecule has 0 spiro atoms. The predicted molar refractivity (Wildman–Crippen MR) is 100.0 cm³/mol. The molecule has 1 atom stereocenters. The number of aromatic nitrogens is 3. The average Bonchev–Trinajstić information content (AvgIpc) is 3.03. The smallest absolute Gasteiger partial charge is 0.274 e. The molecule has 134 valence electrons. The molecule has 2 aromatic carbocycles. The summed E-state index contributed by atoms with van der Waals surface area (Å²) < 4.78 is 6.90. The zero-order chi connectivity index (χ0) is 18.7. The van der Waals surface area contributed by atoms with E-state index in [2.05, 4.69) is 15.6 Å². The molecule has 0 fully saturated rings. The van der Waals surface area contributed by atoms with E-state index in [0.717, 1.165) is 5.56 Å². The monoisotopic (exact) mass is 370 g/mol. The van der Waals surface area contributed by atoms with Crippen LogP contribution in [0.1, 0.15) is 34.7 Å². The molecule has 1 N–H and O–H groups in total. The number of carbonyl (C=O) groups excluding carboxylic acids is 1. The van der Waals surface area contributed by atoms with E-state index in [-0.39, 0.29) is 17.6 Å². The Morgan fingerprint density at radius 1 is 1.23 bits per heavy atom. The number of carbonyl (C=O) groups is 1. The topological polar surface area (TPSA) is 69.0 Å². The molecule has 3 rings (SSSR count). The van der Waals surface area contributed by atoms with Gasteiger partial charge in [-0.25, -0.2) is 4.68 Å². The van der Waals surface area contributed by atoms with Gasteiger partial charge in [-0.15, -0.1) is 5.10 Å². The van der Waals surface area contributed by atoms with E-state index in [1.165, 1.54) is 0 Å². The van der Waals surface area contributed by atoms with Gasteiger partial charge in [0.15, 0.2) is 5.69 Å². The van der Waals surface area contributed by atoms with Gasteiger partial charge in [-0.2, -0.15) is 0 Å². The van der Waals surface area contributed by atoms with Gasteiger partial charge in [-0.3, -0.25) is 4.79 Å². The van der Waals surface area contributed by atoms with Crippen LogP contribution in [0.25, 0.3) is 5.69 Å². The number of hydrogen-bond donors (Lipinski definition) is 1. The molecule has 3 aromatic rings. The fourth-order valence-corrected chi connectivity index (χ4v) is 2.85. The molecule has 7 heteroatoms. The maximum Gasteiger partial charge on any atom is 0.274 e. The highest BCUT2D eigenvalue weighted by molar-refractivity contribution is 6.30. The summed E-state index contributed by atoms with van der Waals surface area (Å²) in [6.07, 6.45) is 0. The summed E-state index contributed by atoms with van der Waals surface area (Å²) in [6, 6.07) is 14.8. The van der Waals surface area contributed by atoms with Crippen LogP contribution < -0.4 is 10.1 Å². The Morgan fingerprint density at radius 2 is 1.96 bits per heavy atom. The molecule has 1 heterocycles. The molecule has 1 amide bonds. The molecule has 1 unspecified atom stereocenters. The zero-order valence-corrected chi connectivity index (χ0v) is 15.5. The number of methoxy groups -OCH3 is 1. The number of rotatable bonds is 5. The lowest BCUT2D eigenvalue weighted by atomic mass is 10.1. The highest BCUT2D eigenvalue weighted by Gasteiger charge is 2.21. The van der Waals surface area contributed by atoms with Gasteiger partial charge < -0.3 is 10.1 Å². The van der Waals surface area contributed by atoms with Crippen molar-refractivity contribution in [1.29, 1.82) is 0 Å². The van der Waals surface area contributed by atoms with Crippen molar-refractivity contribution in [1.82, 2.24) is 20.3 Å². The molecular formula is C19H19ClN4O2. The summed E-state index contributed by atoms with van der Waals surface area (Å²) in [5, 5.41) is 11.6. The molecular weight excluding hydrogens is 352 g/mol. The summed E-state index contributed by atoms with van der Waals surface area (Å²) in [5.41, 5.74) is 2.50. The number of nitrogens with zero attached hydrogens (tertiary/aromatic N) is 3. The summed E-state index contributed by atoms with van der Waals surface area (Å²) in [6.45, 7) is 3.70. The van der Waals surface area contributed by atoms with E-state index < -0.39 is 0 Å². The first-order valence-electron chi connectivity index (χ1n) is 8.13. The largest absolute Gasteiger partial charge is 0.494 e. The van der Waals surface area contributed by atoms with Gasteiger partial charge in [-0.1, -0.05) is 47.1 Å². The van der Waals surface area contributed by atoms with Crippen molar-refractivity contribution in [3.05, 3.63) is 70.5 Å². The molecule has 0 bridgehead atoms. The Hall–Kier alpha value is -2.86. The molecule has 0 aliphatic heterocycles. The van der Waals surface area contributed by atoms with Crippen molar-refractivity contribution in [3.8, 4) is 11.4 Å². The summed E-state index contributed by atoms with van der Waals surface area (Å²) in [4.78, 5) is 12.6. The number of nitrogens with one attached hydrogen (secondary N) is 1. The van der Waals surface area contributed by atoms with Gasteiger partial charge in [0.2, 0.25) is 0 Å². The predicted octanol–water partition coefficient (Wildman–Crippen LogP) is 3.73. The lowest BCUT2D eigenvalue weighted by Gasteiger charge is -2.13. The van der Waals surface area contributed by atoms with Crippen LogP contribution in [-0.2, 0) is 0 Å². The number of benzene rings is 2. The average molecular weight is 371 g/mol. The summed E-state index contributed by atoms with van der Waals surface area (Å²) in [7, 11) is 1.56. The quantitative estimate of drug-likeness (QED) is 0.743. The van der Waals surface area contributed by atoms with Crippen LogP contribution in [0.2, 0.25) is 5.02 Å². The van der Waals surface area contributed by atoms with Crippen LogP contribution in [0.15, 0.2) is 48.5 Å².